The Labute approximate surface area is 95.1 Å². The Hall–Kier alpha value is -1.55. The summed E-state index contributed by atoms with van der Waals surface area (Å²) in [6.45, 7) is 2.37. The molecule has 0 spiro atoms. The summed E-state index contributed by atoms with van der Waals surface area (Å²) in [6.07, 6.45) is 0. The van der Waals surface area contributed by atoms with E-state index >= 15 is 0 Å². The lowest BCUT2D eigenvalue weighted by molar-refractivity contribution is 0.100. The molecule has 16 heavy (non-hydrogen) atoms. The monoisotopic (exact) mass is 224 g/mol. The fourth-order valence-corrected chi connectivity index (χ4v) is 1.38. The highest BCUT2D eigenvalue weighted by Crippen LogP contribution is 2.28. The van der Waals surface area contributed by atoms with Gasteiger partial charge in [0.25, 0.3) is 0 Å². The third kappa shape index (κ3) is 2.97. The minimum absolute atomic E-state index is 0.0788. The predicted octanol–water partition coefficient (Wildman–Crippen LogP) is 1.92. The standard InChI is InChI=1S/C12H16O4/c1-9(13)12-10(15-3)5-4-6-11(12)16-8-7-14-2/h4-6H,7-8H2,1-3H3. The minimum atomic E-state index is -0.0788. The molecular weight excluding hydrogens is 208 g/mol. The van der Waals surface area contributed by atoms with Crippen molar-refractivity contribution in [1.29, 1.82) is 0 Å². The Bertz CT molecular complexity index is 360. The summed E-state index contributed by atoms with van der Waals surface area (Å²) < 4.78 is 15.5. The molecule has 0 amide bonds. The number of ether oxygens (including phenoxy) is 3. The number of rotatable bonds is 6. The number of Topliss-reactive ketones (excluding diaryl/α,β-unsaturated/α-hetero) is 1. The number of carbonyl (C=O) groups is 1. The van der Waals surface area contributed by atoms with Gasteiger partial charge in [-0.25, -0.2) is 0 Å². The molecule has 0 aliphatic rings. The Morgan fingerprint density at radius 3 is 2.44 bits per heavy atom. The molecule has 0 saturated carbocycles. The van der Waals surface area contributed by atoms with Crippen molar-refractivity contribution in [3.8, 4) is 11.5 Å². The molecule has 0 atom stereocenters. The van der Waals surface area contributed by atoms with Gasteiger partial charge in [0.1, 0.15) is 23.7 Å². The molecule has 0 aromatic heterocycles. The van der Waals surface area contributed by atoms with E-state index in [1.54, 1.807) is 25.3 Å². The average Bonchev–Trinajstić information content (AvgIpc) is 2.28. The van der Waals surface area contributed by atoms with Gasteiger partial charge in [-0.05, 0) is 19.1 Å². The van der Waals surface area contributed by atoms with E-state index in [9.17, 15) is 4.79 Å². The van der Waals surface area contributed by atoms with E-state index < -0.39 is 0 Å². The van der Waals surface area contributed by atoms with Gasteiger partial charge in [0, 0.05) is 7.11 Å². The third-order valence-corrected chi connectivity index (χ3v) is 2.10. The van der Waals surface area contributed by atoms with E-state index in [-0.39, 0.29) is 5.78 Å². The van der Waals surface area contributed by atoms with E-state index in [1.165, 1.54) is 14.0 Å². The topological polar surface area (TPSA) is 44.8 Å². The van der Waals surface area contributed by atoms with E-state index in [1.807, 2.05) is 0 Å². The number of benzene rings is 1. The molecule has 1 aromatic rings. The molecule has 0 saturated heterocycles. The molecule has 1 aromatic carbocycles. The fraction of sp³-hybridized carbons (Fsp3) is 0.417. The Balaban J connectivity index is 2.93. The quantitative estimate of drug-likeness (QED) is 0.547. The van der Waals surface area contributed by atoms with Gasteiger partial charge in [-0.15, -0.1) is 0 Å². The molecule has 0 radical (unpaired) electrons. The SMILES string of the molecule is COCCOc1cccc(OC)c1C(C)=O. The first-order chi connectivity index (χ1) is 7.70. The maximum Gasteiger partial charge on any atom is 0.167 e. The van der Waals surface area contributed by atoms with Crippen LogP contribution in [0.5, 0.6) is 11.5 Å². The van der Waals surface area contributed by atoms with E-state index in [0.717, 1.165) is 0 Å². The van der Waals surface area contributed by atoms with Gasteiger partial charge >= 0.3 is 0 Å². The molecule has 4 heteroatoms. The third-order valence-electron chi connectivity index (χ3n) is 2.10. The lowest BCUT2D eigenvalue weighted by Gasteiger charge is -2.12. The first-order valence-electron chi connectivity index (χ1n) is 5.00. The van der Waals surface area contributed by atoms with Crippen LogP contribution in [-0.2, 0) is 4.74 Å². The van der Waals surface area contributed by atoms with Crippen LogP contribution in [0.4, 0.5) is 0 Å². The van der Waals surface area contributed by atoms with Crippen LogP contribution in [0.2, 0.25) is 0 Å². The molecule has 0 unspecified atom stereocenters. The van der Waals surface area contributed by atoms with Gasteiger partial charge in [0.05, 0.1) is 13.7 Å². The number of ketones is 1. The van der Waals surface area contributed by atoms with Gasteiger partial charge in [0.15, 0.2) is 5.78 Å². The average molecular weight is 224 g/mol. The fourth-order valence-electron chi connectivity index (χ4n) is 1.38. The van der Waals surface area contributed by atoms with E-state index in [2.05, 4.69) is 0 Å². The molecule has 0 fully saturated rings. The van der Waals surface area contributed by atoms with Gasteiger partial charge in [-0.3, -0.25) is 4.79 Å². The van der Waals surface area contributed by atoms with Crippen LogP contribution in [0.3, 0.4) is 0 Å². The highest BCUT2D eigenvalue weighted by molar-refractivity contribution is 5.99. The number of hydrogen-bond donors (Lipinski definition) is 0. The zero-order valence-corrected chi connectivity index (χ0v) is 9.78. The second kappa shape index (κ2) is 6.12. The molecule has 4 nitrogen and oxygen atoms in total. The predicted molar refractivity (Wildman–Crippen MR) is 60.4 cm³/mol. The molecule has 0 aliphatic carbocycles. The second-order valence-corrected chi connectivity index (χ2v) is 3.23. The molecule has 0 aliphatic heterocycles. The van der Waals surface area contributed by atoms with Gasteiger partial charge < -0.3 is 14.2 Å². The highest BCUT2D eigenvalue weighted by atomic mass is 16.5. The zero-order valence-electron chi connectivity index (χ0n) is 9.78. The van der Waals surface area contributed by atoms with E-state index in [0.29, 0.717) is 30.3 Å². The van der Waals surface area contributed by atoms with Crippen LogP contribution in [-0.4, -0.2) is 33.2 Å². The maximum absolute atomic E-state index is 11.5. The smallest absolute Gasteiger partial charge is 0.167 e. The van der Waals surface area contributed by atoms with Crippen molar-refractivity contribution in [3.05, 3.63) is 23.8 Å². The van der Waals surface area contributed by atoms with Crippen LogP contribution in [0.25, 0.3) is 0 Å². The lowest BCUT2D eigenvalue weighted by atomic mass is 10.1. The van der Waals surface area contributed by atoms with Crippen molar-refractivity contribution in [3.63, 3.8) is 0 Å². The summed E-state index contributed by atoms with van der Waals surface area (Å²) in [6, 6.07) is 5.27. The van der Waals surface area contributed by atoms with Crippen molar-refractivity contribution in [2.45, 2.75) is 6.92 Å². The second-order valence-electron chi connectivity index (χ2n) is 3.23. The number of carbonyl (C=O) groups excluding carboxylic acids is 1. The van der Waals surface area contributed by atoms with E-state index in [4.69, 9.17) is 14.2 Å². The summed E-state index contributed by atoms with van der Waals surface area (Å²) >= 11 is 0. The molecule has 88 valence electrons. The number of methoxy groups -OCH3 is 2. The van der Waals surface area contributed by atoms with Crippen LogP contribution in [0.1, 0.15) is 17.3 Å². The van der Waals surface area contributed by atoms with Crippen LogP contribution in [0, 0.1) is 0 Å². The summed E-state index contributed by atoms with van der Waals surface area (Å²) in [4.78, 5) is 11.5. The van der Waals surface area contributed by atoms with Crippen LogP contribution >= 0.6 is 0 Å². The number of hydrogen-bond acceptors (Lipinski definition) is 4. The van der Waals surface area contributed by atoms with Crippen molar-refractivity contribution < 1.29 is 19.0 Å². The molecular formula is C12H16O4. The summed E-state index contributed by atoms with van der Waals surface area (Å²) in [5.41, 5.74) is 0.473. The molecule has 0 N–H and O–H groups in total. The molecule has 0 heterocycles. The van der Waals surface area contributed by atoms with Crippen LogP contribution in [0.15, 0.2) is 18.2 Å². The minimum Gasteiger partial charge on any atom is -0.496 e. The zero-order chi connectivity index (χ0) is 12.0. The highest BCUT2D eigenvalue weighted by Gasteiger charge is 2.14. The molecule has 1 rings (SSSR count). The maximum atomic E-state index is 11.5. The lowest BCUT2D eigenvalue weighted by Crippen LogP contribution is -2.08. The Kier molecular flexibility index (Phi) is 4.79. The van der Waals surface area contributed by atoms with Gasteiger partial charge in [0.2, 0.25) is 0 Å². The van der Waals surface area contributed by atoms with Gasteiger partial charge in [-0.1, -0.05) is 6.07 Å². The van der Waals surface area contributed by atoms with Crippen molar-refractivity contribution in [2.24, 2.45) is 0 Å². The first-order valence-corrected chi connectivity index (χ1v) is 5.00. The Morgan fingerprint density at radius 1 is 1.19 bits per heavy atom. The molecule has 0 bridgehead atoms. The van der Waals surface area contributed by atoms with Crippen molar-refractivity contribution >= 4 is 5.78 Å². The van der Waals surface area contributed by atoms with Crippen molar-refractivity contribution in [1.82, 2.24) is 0 Å². The van der Waals surface area contributed by atoms with Gasteiger partial charge in [-0.2, -0.15) is 0 Å². The van der Waals surface area contributed by atoms with Crippen LogP contribution < -0.4 is 9.47 Å². The summed E-state index contributed by atoms with van der Waals surface area (Å²) in [5.74, 6) is 0.983. The van der Waals surface area contributed by atoms with Crippen molar-refractivity contribution in [2.75, 3.05) is 27.4 Å². The largest absolute Gasteiger partial charge is 0.496 e. The normalized spacial score (nSPS) is 9.94. The summed E-state index contributed by atoms with van der Waals surface area (Å²) in [7, 11) is 3.13. The first kappa shape index (κ1) is 12.5. The Morgan fingerprint density at radius 2 is 1.88 bits per heavy atom. The summed E-state index contributed by atoms with van der Waals surface area (Å²) in [5, 5.41) is 0.